The van der Waals surface area contributed by atoms with Gasteiger partial charge in [-0.1, -0.05) is 115 Å². The van der Waals surface area contributed by atoms with Gasteiger partial charge in [-0.05, 0) is 55.1 Å². The minimum Gasteiger partial charge on any atom is -0.481 e. The monoisotopic (exact) mass is 878 g/mol. The van der Waals surface area contributed by atoms with Gasteiger partial charge in [-0.15, -0.1) is 0 Å². The quantitative estimate of drug-likeness (QED) is 0.105. The summed E-state index contributed by atoms with van der Waals surface area (Å²) in [5.41, 5.74) is 2.76. The molecule has 350 valence electrons. The Morgan fingerprint density at radius 1 is 0.794 bits per heavy atom. The number of ketones is 2. The molecule has 9 atom stereocenters. The minimum atomic E-state index is -1.04. The third kappa shape index (κ3) is 14.4. The lowest BCUT2D eigenvalue weighted by atomic mass is 9.83. The largest absolute Gasteiger partial charge is 0.481 e. The van der Waals surface area contributed by atoms with Gasteiger partial charge in [0.05, 0.1) is 42.7 Å². The fourth-order valence-corrected chi connectivity index (χ4v) is 9.20. The zero-order valence-electron chi connectivity index (χ0n) is 39.9. The fourth-order valence-electron chi connectivity index (χ4n) is 9.20. The number of amides is 3. The Kier molecular flexibility index (Phi) is 20.9. The highest BCUT2D eigenvalue weighted by Gasteiger charge is 2.44. The summed E-state index contributed by atoms with van der Waals surface area (Å²) in [5, 5.41) is 9.99. The number of benzene rings is 2. The third-order valence-electron chi connectivity index (χ3n) is 13.2. The Morgan fingerprint density at radius 2 is 1.43 bits per heavy atom. The topological polar surface area (TPSA) is 160 Å². The van der Waals surface area contributed by atoms with Gasteiger partial charge in [-0.3, -0.25) is 24.0 Å². The molecule has 0 unspecified atom stereocenters. The Labute approximate surface area is 376 Å². The van der Waals surface area contributed by atoms with E-state index in [2.05, 4.69) is 0 Å². The van der Waals surface area contributed by atoms with Crippen LogP contribution >= 0.6 is 0 Å². The van der Waals surface area contributed by atoms with E-state index in [-0.39, 0.29) is 73.4 Å². The first-order valence-electron chi connectivity index (χ1n) is 22.7. The molecule has 2 aromatic carbocycles. The predicted molar refractivity (Wildman–Crippen MR) is 243 cm³/mol. The molecule has 3 rings (SSSR count). The molecule has 0 radical (unpaired) electrons. The van der Waals surface area contributed by atoms with Crippen molar-refractivity contribution in [1.82, 2.24) is 14.7 Å². The summed E-state index contributed by atoms with van der Waals surface area (Å²) in [6, 6.07) is 15.1. The van der Waals surface area contributed by atoms with Gasteiger partial charge >= 0.3 is 12.1 Å². The van der Waals surface area contributed by atoms with E-state index in [1.165, 1.54) is 19.1 Å². The Hall–Kier alpha value is -4.62. The van der Waals surface area contributed by atoms with Crippen LogP contribution in [0.5, 0.6) is 0 Å². The van der Waals surface area contributed by atoms with Crippen molar-refractivity contribution in [2.45, 2.75) is 137 Å². The molecule has 2 aromatic rings. The second-order valence-corrected chi connectivity index (χ2v) is 18.3. The Balaban J connectivity index is 1.76. The average molecular weight is 878 g/mol. The molecule has 13 heteroatoms. The number of Topliss-reactive ketones (excluding diaryl/α,β-unsaturated/α-hetero) is 2. The minimum absolute atomic E-state index is 0.0350. The van der Waals surface area contributed by atoms with Crippen LogP contribution in [-0.4, -0.2) is 120 Å². The molecule has 1 fully saturated rings. The first-order valence-corrected chi connectivity index (χ1v) is 22.7. The van der Waals surface area contributed by atoms with Gasteiger partial charge in [-0.25, -0.2) is 4.79 Å². The maximum atomic E-state index is 14.6. The molecular formula is C50H75N3O10. The molecule has 1 N–H and O–H groups in total. The van der Waals surface area contributed by atoms with Crippen LogP contribution in [0.3, 0.4) is 0 Å². The molecule has 1 aliphatic heterocycles. The second kappa shape index (κ2) is 25.0. The second-order valence-electron chi connectivity index (χ2n) is 18.3. The highest BCUT2D eigenvalue weighted by atomic mass is 16.6. The van der Waals surface area contributed by atoms with Crippen LogP contribution in [0.25, 0.3) is 0 Å². The first kappa shape index (κ1) is 52.7. The number of likely N-dealkylation sites (tertiary alicyclic amines) is 1. The van der Waals surface area contributed by atoms with E-state index in [9.17, 15) is 33.9 Å². The number of carbonyl (C=O) groups excluding carboxylic acids is 5. The summed E-state index contributed by atoms with van der Waals surface area (Å²) < 4.78 is 17.6. The SMILES string of the molecule is CC[C@H](C)[C@@H]([C@@H](CC(=O)N1CCC[C@H]1[C@H](OC)[C@@H](C)C(=O)C[C@@H](Cc1ccccc1)C(=O)O)OC)N(C)C(=O)[C@@H](CC(=O)[C@H](C(C)C)N(C)C(=O)OCc1ccc(C)cc1)C(C)C. The van der Waals surface area contributed by atoms with Gasteiger partial charge in [0.25, 0.3) is 0 Å². The number of carboxylic acids is 1. The highest BCUT2D eigenvalue weighted by molar-refractivity contribution is 5.92. The van der Waals surface area contributed by atoms with Crippen molar-refractivity contribution in [2.24, 2.45) is 35.5 Å². The Bertz CT molecular complexity index is 1800. The normalized spacial score (nSPS) is 17.9. The Morgan fingerprint density at radius 3 is 1.97 bits per heavy atom. The number of aryl methyl sites for hydroxylation is 1. The number of hydrogen-bond donors (Lipinski definition) is 1. The van der Waals surface area contributed by atoms with E-state index >= 15 is 0 Å². The van der Waals surface area contributed by atoms with E-state index in [1.807, 2.05) is 103 Å². The number of hydrogen-bond acceptors (Lipinski definition) is 9. The lowest BCUT2D eigenvalue weighted by Gasteiger charge is -2.41. The van der Waals surface area contributed by atoms with E-state index in [4.69, 9.17) is 14.2 Å². The molecule has 63 heavy (non-hydrogen) atoms. The van der Waals surface area contributed by atoms with Crippen molar-refractivity contribution in [2.75, 3.05) is 34.9 Å². The number of ether oxygens (including phenoxy) is 3. The third-order valence-corrected chi connectivity index (χ3v) is 13.2. The standard InChI is InChI=1S/C50H75N3O10/c1-13-34(7)46(51(9)48(57)39(31(2)3)28-42(55)45(32(4)5)52(10)50(60)63-30-37-23-21-33(6)22-24-37)43(61-11)29-44(56)53-25-17-20-40(53)47(62-12)35(8)41(54)27-38(49(58)59)26-36-18-15-14-16-19-36/h14-16,18-19,21-24,31-32,34-35,38-40,43,45-47H,13,17,20,25-30H2,1-12H3,(H,58,59)/t34-,35-,38+,39-,40-,43+,45-,46-,47+/m0/s1. The molecule has 0 aliphatic carbocycles. The van der Waals surface area contributed by atoms with Crippen LogP contribution < -0.4 is 0 Å². The molecule has 0 aromatic heterocycles. The number of nitrogens with zero attached hydrogens (tertiary/aromatic N) is 3. The number of carbonyl (C=O) groups is 6. The van der Waals surface area contributed by atoms with Crippen molar-refractivity contribution in [3.63, 3.8) is 0 Å². The maximum Gasteiger partial charge on any atom is 0.410 e. The van der Waals surface area contributed by atoms with Crippen LogP contribution in [0.1, 0.15) is 104 Å². The number of methoxy groups -OCH3 is 2. The summed E-state index contributed by atoms with van der Waals surface area (Å²) in [6.45, 7) is 15.8. The van der Waals surface area contributed by atoms with Crippen molar-refractivity contribution in [1.29, 1.82) is 0 Å². The number of carboxylic acid groups (broad SMARTS) is 1. The molecule has 1 heterocycles. The highest BCUT2D eigenvalue weighted by Crippen LogP contribution is 2.32. The number of likely N-dealkylation sites (N-methyl/N-ethyl adjacent to an activating group) is 2. The van der Waals surface area contributed by atoms with E-state index in [0.29, 0.717) is 25.8 Å². The summed E-state index contributed by atoms with van der Waals surface area (Å²) in [6.07, 6.45) is -0.0326. The average Bonchev–Trinajstić information content (AvgIpc) is 3.74. The van der Waals surface area contributed by atoms with E-state index in [1.54, 1.807) is 30.8 Å². The van der Waals surface area contributed by atoms with E-state index in [0.717, 1.165) is 16.7 Å². The zero-order chi connectivity index (χ0) is 47.1. The lowest BCUT2D eigenvalue weighted by Crippen LogP contribution is -2.54. The number of aliphatic carboxylic acids is 1. The summed E-state index contributed by atoms with van der Waals surface area (Å²) >= 11 is 0. The van der Waals surface area contributed by atoms with Crippen molar-refractivity contribution in [3.8, 4) is 0 Å². The lowest BCUT2D eigenvalue weighted by molar-refractivity contribution is -0.149. The fraction of sp³-hybridized carbons (Fsp3) is 0.640. The molecule has 0 bridgehead atoms. The summed E-state index contributed by atoms with van der Waals surface area (Å²) in [5.74, 6) is -4.80. The number of rotatable bonds is 25. The predicted octanol–water partition coefficient (Wildman–Crippen LogP) is 7.64. The molecule has 3 amide bonds. The summed E-state index contributed by atoms with van der Waals surface area (Å²) in [7, 11) is 6.31. The molecule has 0 spiro atoms. The van der Waals surface area contributed by atoms with Gasteiger partial charge in [0.1, 0.15) is 12.4 Å². The van der Waals surface area contributed by atoms with Gasteiger partial charge < -0.3 is 34.0 Å². The van der Waals surface area contributed by atoms with Crippen molar-refractivity contribution in [3.05, 3.63) is 71.3 Å². The van der Waals surface area contributed by atoms with Crippen molar-refractivity contribution < 1.29 is 48.1 Å². The van der Waals surface area contributed by atoms with E-state index < -0.39 is 60.1 Å². The molecule has 1 aliphatic rings. The molecular weight excluding hydrogens is 803 g/mol. The van der Waals surface area contributed by atoms with Gasteiger partial charge in [-0.2, -0.15) is 0 Å². The smallest absolute Gasteiger partial charge is 0.410 e. The zero-order valence-corrected chi connectivity index (χ0v) is 39.9. The van der Waals surface area contributed by atoms with Gasteiger partial charge in [0.15, 0.2) is 5.78 Å². The van der Waals surface area contributed by atoms with Crippen LogP contribution in [-0.2, 0) is 51.2 Å². The van der Waals surface area contributed by atoms with Crippen LogP contribution in [0.2, 0.25) is 0 Å². The summed E-state index contributed by atoms with van der Waals surface area (Å²) in [4.78, 5) is 86.9. The van der Waals surface area contributed by atoms with Gasteiger partial charge in [0, 0.05) is 59.5 Å². The molecule has 0 saturated carbocycles. The van der Waals surface area contributed by atoms with Crippen molar-refractivity contribution >= 4 is 35.4 Å². The van der Waals surface area contributed by atoms with Crippen LogP contribution in [0.15, 0.2) is 54.6 Å². The van der Waals surface area contributed by atoms with Crippen LogP contribution in [0, 0.1) is 42.4 Å². The van der Waals surface area contributed by atoms with Crippen LogP contribution in [0.4, 0.5) is 4.79 Å². The van der Waals surface area contributed by atoms with Gasteiger partial charge in [0.2, 0.25) is 11.8 Å². The molecule has 13 nitrogen and oxygen atoms in total. The molecule has 1 saturated heterocycles. The first-order chi connectivity index (χ1) is 29.8. The maximum absolute atomic E-state index is 14.6.